The molecule has 3 unspecified atom stereocenters. The molecular formula is C12H18O2. The molecule has 2 nitrogen and oxygen atoms in total. The van der Waals surface area contributed by atoms with Gasteiger partial charge in [-0.2, -0.15) is 0 Å². The zero-order chi connectivity index (χ0) is 10.1. The Bertz CT molecular complexity index is 267. The van der Waals surface area contributed by atoms with Crippen LogP contribution in [-0.4, -0.2) is 17.5 Å². The molecule has 0 spiro atoms. The van der Waals surface area contributed by atoms with E-state index in [1.807, 2.05) is 0 Å². The van der Waals surface area contributed by atoms with Gasteiger partial charge in [0, 0.05) is 12.3 Å². The second kappa shape index (κ2) is 3.85. The topological polar surface area (TPSA) is 37.3 Å². The molecule has 0 aromatic rings. The van der Waals surface area contributed by atoms with Crippen LogP contribution in [0.25, 0.3) is 0 Å². The lowest BCUT2D eigenvalue weighted by Crippen LogP contribution is -2.25. The molecule has 1 fully saturated rings. The predicted molar refractivity (Wildman–Crippen MR) is 54.8 cm³/mol. The molecule has 3 atom stereocenters. The quantitative estimate of drug-likeness (QED) is 0.682. The summed E-state index contributed by atoms with van der Waals surface area (Å²) in [5, 5.41) is 9.26. The summed E-state index contributed by atoms with van der Waals surface area (Å²) in [5.41, 5.74) is 1.12. The van der Waals surface area contributed by atoms with Gasteiger partial charge in [-0.25, -0.2) is 0 Å². The molecule has 1 saturated carbocycles. The van der Waals surface area contributed by atoms with E-state index in [-0.39, 0.29) is 12.5 Å². The second-order valence-corrected chi connectivity index (χ2v) is 4.52. The number of aliphatic hydroxyl groups excluding tert-OH is 1. The molecule has 14 heavy (non-hydrogen) atoms. The molecule has 0 aliphatic heterocycles. The molecule has 0 saturated heterocycles. The number of aliphatic hydroxyl groups is 1. The third-order valence-corrected chi connectivity index (χ3v) is 3.79. The molecule has 78 valence electrons. The smallest absolute Gasteiger partial charge is 0.136 e. The fourth-order valence-electron chi connectivity index (χ4n) is 2.92. The largest absolute Gasteiger partial charge is 0.392 e. The van der Waals surface area contributed by atoms with Crippen molar-refractivity contribution in [2.75, 3.05) is 6.61 Å². The van der Waals surface area contributed by atoms with Crippen molar-refractivity contribution in [3.63, 3.8) is 0 Å². The molecule has 0 radical (unpaired) electrons. The molecule has 0 aromatic carbocycles. The number of carbonyl (C=O) groups is 1. The minimum atomic E-state index is 0.144. The Morgan fingerprint density at radius 2 is 2.29 bits per heavy atom. The van der Waals surface area contributed by atoms with Gasteiger partial charge >= 0.3 is 0 Å². The number of allylic oxidation sites excluding steroid dienone is 1. The number of ketones is 1. The van der Waals surface area contributed by atoms with E-state index in [1.165, 1.54) is 0 Å². The normalized spacial score (nSPS) is 36.9. The molecule has 2 aliphatic carbocycles. The van der Waals surface area contributed by atoms with Crippen LogP contribution in [0.15, 0.2) is 11.6 Å². The lowest BCUT2D eigenvalue weighted by atomic mass is 9.75. The minimum absolute atomic E-state index is 0.144. The standard InChI is InChI=1S/C12H18O2/c1-2-8-5-9(7-13)10-3-4-12(14)11(10)6-8/h5,8,10-11,13H,2-4,6-7H2,1H3. The summed E-state index contributed by atoms with van der Waals surface area (Å²) in [6, 6.07) is 0. The van der Waals surface area contributed by atoms with Crippen LogP contribution in [0.2, 0.25) is 0 Å². The second-order valence-electron chi connectivity index (χ2n) is 4.52. The zero-order valence-electron chi connectivity index (χ0n) is 8.70. The van der Waals surface area contributed by atoms with Crippen molar-refractivity contribution in [3.05, 3.63) is 11.6 Å². The number of fused-ring (bicyclic) bond motifs is 1. The van der Waals surface area contributed by atoms with Gasteiger partial charge in [0.25, 0.3) is 0 Å². The van der Waals surface area contributed by atoms with E-state index in [9.17, 15) is 9.90 Å². The van der Waals surface area contributed by atoms with Crippen molar-refractivity contribution in [2.45, 2.75) is 32.6 Å². The fourth-order valence-corrected chi connectivity index (χ4v) is 2.92. The van der Waals surface area contributed by atoms with Gasteiger partial charge in [-0.15, -0.1) is 0 Å². The van der Waals surface area contributed by atoms with Gasteiger partial charge in [0.2, 0.25) is 0 Å². The van der Waals surface area contributed by atoms with Crippen molar-refractivity contribution in [1.29, 1.82) is 0 Å². The summed E-state index contributed by atoms with van der Waals surface area (Å²) in [6.07, 6.45) is 6.00. The Morgan fingerprint density at radius 3 is 2.93 bits per heavy atom. The van der Waals surface area contributed by atoms with Gasteiger partial charge in [0.1, 0.15) is 5.78 Å². The van der Waals surface area contributed by atoms with Crippen LogP contribution >= 0.6 is 0 Å². The highest BCUT2D eigenvalue weighted by atomic mass is 16.3. The van der Waals surface area contributed by atoms with Gasteiger partial charge in [-0.1, -0.05) is 13.0 Å². The maximum Gasteiger partial charge on any atom is 0.136 e. The molecule has 0 amide bonds. The third-order valence-electron chi connectivity index (χ3n) is 3.79. The van der Waals surface area contributed by atoms with E-state index < -0.39 is 0 Å². The molecule has 1 N–H and O–H groups in total. The van der Waals surface area contributed by atoms with Crippen molar-refractivity contribution < 1.29 is 9.90 Å². The Morgan fingerprint density at radius 1 is 1.50 bits per heavy atom. The van der Waals surface area contributed by atoms with Gasteiger partial charge in [0.15, 0.2) is 0 Å². The van der Waals surface area contributed by atoms with E-state index >= 15 is 0 Å². The SMILES string of the molecule is CCC1C=C(CO)C2CCC(=O)C2C1. The maximum absolute atomic E-state index is 11.6. The summed E-state index contributed by atoms with van der Waals surface area (Å²) < 4.78 is 0. The molecular weight excluding hydrogens is 176 g/mol. The maximum atomic E-state index is 11.6. The molecule has 0 aromatic heterocycles. The summed E-state index contributed by atoms with van der Waals surface area (Å²) >= 11 is 0. The van der Waals surface area contributed by atoms with E-state index in [4.69, 9.17) is 0 Å². The average molecular weight is 194 g/mol. The predicted octanol–water partition coefficient (Wildman–Crippen LogP) is 1.93. The summed E-state index contributed by atoms with van der Waals surface area (Å²) in [5.74, 6) is 1.54. The van der Waals surface area contributed by atoms with Crippen LogP contribution < -0.4 is 0 Å². The minimum Gasteiger partial charge on any atom is -0.392 e. The summed E-state index contributed by atoms with van der Waals surface area (Å²) in [7, 11) is 0. The number of hydrogen-bond acceptors (Lipinski definition) is 2. The highest BCUT2D eigenvalue weighted by Crippen LogP contribution is 2.43. The fraction of sp³-hybridized carbons (Fsp3) is 0.750. The Labute approximate surface area is 85.0 Å². The first-order chi connectivity index (χ1) is 6.76. The monoisotopic (exact) mass is 194 g/mol. The number of rotatable bonds is 2. The molecule has 2 aliphatic rings. The lowest BCUT2D eigenvalue weighted by Gasteiger charge is -2.29. The van der Waals surface area contributed by atoms with Crippen LogP contribution in [-0.2, 0) is 4.79 Å². The van der Waals surface area contributed by atoms with Gasteiger partial charge in [-0.05, 0) is 36.7 Å². The van der Waals surface area contributed by atoms with Crippen LogP contribution in [0.3, 0.4) is 0 Å². The number of Topliss-reactive ketones (excluding diaryl/α,β-unsaturated/α-hetero) is 1. The van der Waals surface area contributed by atoms with Crippen molar-refractivity contribution in [3.8, 4) is 0 Å². The first-order valence-electron chi connectivity index (χ1n) is 5.60. The van der Waals surface area contributed by atoms with Crippen molar-refractivity contribution >= 4 is 5.78 Å². The van der Waals surface area contributed by atoms with E-state index in [2.05, 4.69) is 13.0 Å². The molecule has 2 heteroatoms. The van der Waals surface area contributed by atoms with E-state index in [1.54, 1.807) is 0 Å². The summed E-state index contributed by atoms with van der Waals surface area (Å²) in [6.45, 7) is 2.29. The Balaban J connectivity index is 2.22. The van der Waals surface area contributed by atoms with Crippen LogP contribution in [0.4, 0.5) is 0 Å². The van der Waals surface area contributed by atoms with E-state index in [0.29, 0.717) is 17.6 Å². The first kappa shape index (κ1) is 9.91. The third kappa shape index (κ3) is 1.52. The summed E-state index contributed by atoms with van der Waals surface area (Å²) in [4.78, 5) is 11.6. The van der Waals surface area contributed by atoms with Crippen LogP contribution in [0.5, 0.6) is 0 Å². The van der Waals surface area contributed by atoms with Gasteiger partial charge < -0.3 is 5.11 Å². The lowest BCUT2D eigenvalue weighted by molar-refractivity contribution is -0.121. The number of hydrogen-bond donors (Lipinski definition) is 1. The van der Waals surface area contributed by atoms with Gasteiger partial charge in [-0.3, -0.25) is 4.79 Å². The van der Waals surface area contributed by atoms with Crippen molar-refractivity contribution in [2.24, 2.45) is 17.8 Å². The first-order valence-corrected chi connectivity index (χ1v) is 5.60. The van der Waals surface area contributed by atoms with Crippen LogP contribution in [0, 0.1) is 17.8 Å². The van der Waals surface area contributed by atoms with E-state index in [0.717, 1.165) is 31.3 Å². The number of carbonyl (C=O) groups excluding carboxylic acids is 1. The average Bonchev–Trinajstić information content (AvgIpc) is 2.59. The van der Waals surface area contributed by atoms with Crippen molar-refractivity contribution in [1.82, 2.24) is 0 Å². The molecule has 0 bridgehead atoms. The highest BCUT2D eigenvalue weighted by molar-refractivity contribution is 5.84. The molecule has 2 rings (SSSR count). The highest BCUT2D eigenvalue weighted by Gasteiger charge is 2.39. The zero-order valence-corrected chi connectivity index (χ0v) is 8.70. The van der Waals surface area contributed by atoms with Crippen LogP contribution in [0.1, 0.15) is 32.6 Å². The Hall–Kier alpha value is -0.630. The Kier molecular flexibility index (Phi) is 2.73. The van der Waals surface area contributed by atoms with Gasteiger partial charge in [0.05, 0.1) is 6.61 Å². The molecule has 0 heterocycles.